The molecule has 2 aromatic heterocycles. The number of aliphatic hydroxyl groups excluding tert-OH is 1. The van der Waals surface area contributed by atoms with Crippen molar-refractivity contribution in [2.75, 3.05) is 43.4 Å². The first-order valence-corrected chi connectivity index (χ1v) is 13.3. The number of pyridine rings is 1. The van der Waals surface area contributed by atoms with Crippen molar-refractivity contribution >= 4 is 33.4 Å². The molecule has 0 amide bonds. The lowest BCUT2D eigenvalue weighted by Gasteiger charge is -2.60. The fourth-order valence-electron chi connectivity index (χ4n) is 7.03. The van der Waals surface area contributed by atoms with E-state index in [2.05, 4.69) is 33.2 Å². The van der Waals surface area contributed by atoms with E-state index in [1.54, 1.807) is 10.8 Å². The number of anilines is 2. The first kappa shape index (κ1) is 23.3. The van der Waals surface area contributed by atoms with Gasteiger partial charge in [-0.1, -0.05) is 6.07 Å². The molecule has 3 aromatic rings. The van der Waals surface area contributed by atoms with Gasteiger partial charge in [-0.15, -0.1) is 0 Å². The van der Waals surface area contributed by atoms with Crippen molar-refractivity contribution in [2.24, 2.45) is 5.41 Å². The maximum Gasteiger partial charge on any atom is 0.260 e. The van der Waals surface area contributed by atoms with Crippen LogP contribution >= 0.6 is 0 Å². The van der Waals surface area contributed by atoms with Crippen LogP contribution in [0.15, 0.2) is 29.2 Å². The van der Waals surface area contributed by atoms with E-state index in [-0.39, 0.29) is 42.5 Å². The Morgan fingerprint density at radius 2 is 1.76 bits per heavy atom. The zero-order valence-electron chi connectivity index (χ0n) is 21.0. The number of likely N-dealkylation sites (tertiary alicyclic amines) is 1. The van der Waals surface area contributed by atoms with Gasteiger partial charge in [0.2, 0.25) is 5.95 Å². The van der Waals surface area contributed by atoms with Gasteiger partial charge < -0.3 is 20.2 Å². The summed E-state index contributed by atoms with van der Waals surface area (Å²) in [6, 6.07) is 5.60. The maximum absolute atomic E-state index is 14.0. The summed E-state index contributed by atoms with van der Waals surface area (Å²) in [5, 5.41) is 15.3. The molecule has 1 spiro atoms. The quantitative estimate of drug-likeness (QED) is 0.521. The van der Waals surface area contributed by atoms with Crippen molar-refractivity contribution in [3.63, 3.8) is 0 Å². The van der Waals surface area contributed by atoms with Crippen molar-refractivity contribution in [2.45, 2.75) is 62.6 Å². The first-order valence-electron chi connectivity index (χ1n) is 13.3. The van der Waals surface area contributed by atoms with Crippen LogP contribution < -0.4 is 15.8 Å². The molecule has 2 aliphatic carbocycles. The Hall–Kier alpha value is -2.85. The van der Waals surface area contributed by atoms with E-state index in [0.717, 1.165) is 42.6 Å². The Morgan fingerprint density at radius 1 is 1.03 bits per heavy atom. The van der Waals surface area contributed by atoms with Gasteiger partial charge in [-0.3, -0.25) is 9.36 Å². The van der Waals surface area contributed by atoms with E-state index < -0.39 is 5.92 Å². The average molecular weight is 511 g/mol. The van der Waals surface area contributed by atoms with Crippen molar-refractivity contribution in [3.05, 3.63) is 34.7 Å². The van der Waals surface area contributed by atoms with Crippen LogP contribution in [-0.4, -0.2) is 75.8 Å². The second kappa shape index (κ2) is 8.07. The number of hydrogen-bond donors (Lipinski definition) is 2. The number of nitrogens with one attached hydrogen (secondary N) is 1. The Kier molecular flexibility index (Phi) is 5.08. The second-order valence-corrected chi connectivity index (χ2v) is 11.9. The van der Waals surface area contributed by atoms with E-state index in [4.69, 9.17) is 4.98 Å². The van der Waals surface area contributed by atoms with Gasteiger partial charge in [-0.25, -0.2) is 13.8 Å². The van der Waals surface area contributed by atoms with Gasteiger partial charge in [0.25, 0.3) is 11.5 Å². The topological polar surface area (TPSA) is 86.5 Å². The van der Waals surface area contributed by atoms with Crippen LogP contribution in [0.2, 0.25) is 0 Å². The molecule has 2 N–H and O–H groups in total. The van der Waals surface area contributed by atoms with Crippen LogP contribution in [0.1, 0.15) is 44.6 Å². The van der Waals surface area contributed by atoms with E-state index in [1.807, 2.05) is 12.1 Å². The number of alkyl halides is 2. The van der Waals surface area contributed by atoms with Crippen LogP contribution in [-0.2, 0) is 0 Å². The second-order valence-electron chi connectivity index (χ2n) is 11.9. The van der Waals surface area contributed by atoms with Gasteiger partial charge in [-0.2, -0.15) is 4.98 Å². The number of benzene rings is 1. The molecular formula is C27H32F2N6O2. The number of nitrogens with zero attached hydrogens (tertiary/aromatic N) is 5. The lowest BCUT2D eigenvalue weighted by Crippen LogP contribution is -2.71. The van der Waals surface area contributed by atoms with E-state index in [0.29, 0.717) is 42.1 Å². The van der Waals surface area contributed by atoms with Crippen LogP contribution in [0.25, 0.3) is 21.8 Å². The molecule has 1 aromatic carbocycles. The summed E-state index contributed by atoms with van der Waals surface area (Å²) in [4.78, 5) is 27.8. The molecule has 7 rings (SSSR count). The standard InChI is InChI=1S/C27H32F2N6O2/c1-33-12-26(13-33)14-34(15-26)18-4-7-20-21(8-18)24(37)35(17-2-5-19(36)6-3-17)23-22(20)11-30-25(32-23)31-16-9-27(28,29)10-16/h4,7-8,11,16-17,19,36H,2-3,5-6,9-10,12-15H2,1H3,(H,30,31,32). The molecule has 8 nitrogen and oxygen atoms in total. The normalized spacial score (nSPS) is 27.2. The third-order valence-electron chi connectivity index (χ3n) is 8.82. The summed E-state index contributed by atoms with van der Waals surface area (Å²) in [5.41, 5.74) is 1.87. The van der Waals surface area contributed by atoms with Gasteiger partial charge in [-0.05, 0) is 50.2 Å². The molecule has 4 heterocycles. The molecule has 2 saturated heterocycles. The third kappa shape index (κ3) is 3.87. The molecule has 0 atom stereocenters. The number of hydrogen-bond acceptors (Lipinski definition) is 7. The highest BCUT2D eigenvalue weighted by molar-refractivity contribution is 6.05. The minimum atomic E-state index is -2.64. The zero-order chi connectivity index (χ0) is 25.5. The predicted octanol–water partition coefficient (Wildman–Crippen LogP) is 3.38. The molecule has 2 saturated carbocycles. The lowest BCUT2D eigenvalue weighted by atomic mass is 9.73. The zero-order valence-corrected chi connectivity index (χ0v) is 21.0. The van der Waals surface area contributed by atoms with Crippen LogP contribution in [0.4, 0.5) is 20.4 Å². The predicted molar refractivity (Wildman–Crippen MR) is 139 cm³/mol. The Labute approximate surface area is 213 Å². The van der Waals surface area contributed by atoms with Crippen molar-refractivity contribution in [3.8, 4) is 0 Å². The van der Waals surface area contributed by atoms with E-state index in [1.165, 1.54) is 0 Å². The minimum Gasteiger partial charge on any atom is -0.393 e. The fourth-order valence-corrected chi connectivity index (χ4v) is 7.03. The molecule has 10 heteroatoms. The SMILES string of the molecule is CN1CC2(C1)CN(c1ccc3c(c1)c(=O)n(C1CCC(O)CC1)c1nc(NC4CC(F)(F)C4)ncc31)C2. The monoisotopic (exact) mass is 510 g/mol. The highest BCUT2D eigenvalue weighted by Gasteiger charge is 2.50. The smallest absolute Gasteiger partial charge is 0.260 e. The highest BCUT2D eigenvalue weighted by Crippen LogP contribution is 2.42. The van der Waals surface area contributed by atoms with Gasteiger partial charge in [0.05, 0.1) is 11.5 Å². The molecule has 196 valence electrons. The first-order chi connectivity index (χ1) is 17.7. The number of fused-ring (bicyclic) bond motifs is 3. The molecule has 4 fully saturated rings. The fraction of sp³-hybridized carbons (Fsp3) is 0.593. The molecule has 0 bridgehead atoms. The number of rotatable bonds is 4. The van der Waals surface area contributed by atoms with Gasteiger partial charge in [0.1, 0.15) is 5.65 Å². The average Bonchev–Trinajstić information content (AvgIpc) is 2.80. The van der Waals surface area contributed by atoms with Crippen molar-refractivity contribution in [1.29, 1.82) is 0 Å². The molecule has 4 aliphatic rings. The third-order valence-corrected chi connectivity index (χ3v) is 8.82. The largest absolute Gasteiger partial charge is 0.393 e. The Balaban J connectivity index is 1.29. The van der Waals surface area contributed by atoms with Gasteiger partial charge >= 0.3 is 0 Å². The molecule has 0 radical (unpaired) electrons. The van der Waals surface area contributed by atoms with Gasteiger partial charge in [0, 0.05) is 73.8 Å². The minimum absolute atomic E-state index is 0.0833. The summed E-state index contributed by atoms with van der Waals surface area (Å²) in [7, 11) is 2.15. The van der Waals surface area contributed by atoms with E-state index >= 15 is 0 Å². The number of halogens is 2. The number of aromatic nitrogens is 3. The Morgan fingerprint density at radius 3 is 2.43 bits per heavy atom. The maximum atomic E-state index is 14.0. The van der Waals surface area contributed by atoms with Crippen LogP contribution in [0, 0.1) is 5.41 Å². The van der Waals surface area contributed by atoms with Crippen molar-refractivity contribution < 1.29 is 13.9 Å². The summed E-state index contributed by atoms with van der Waals surface area (Å²) in [5.74, 6) is -2.37. The highest BCUT2D eigenvalue weighted by atomic mass is 19.3. The molecule has 37 heavy (non-hydrogen) atoms. The number of aliphatic hydroxyl groups is 1. The summed E-state index contributed by atoms with van der Waals surface area (Å²) in [6.45, 7) is 4.25. The summed E-state index contributed by atoms with van der Waals surface area (Å²) in [6.07, 6.45) is 3.52. The molecule has 0 unspecified atom stereocenters. The van der Waals surface area contributed by atoms with E-state index in [9.17, 15) is 18.7 Å². The summed E-state index contributed by atoms with van der Waals surface area (Å²) >= 11 is 0. The molecular weight excluding hydrogens is 478 g/mol. The van der Waals surface area contributed by atoms with Gasteiger partial charge in [0.15, 0.2) is 0 Å². The van der Waals surface area contributed by atoms with Crippen molar-refractivity contribution in [1.82, 2.24) is 19.4 Å². The van der Waals surface area contributed by atoms with Crippen LogP contribution in [0.5, 0.6) is 0 Å². The Bertz CT molecular complexity index is 1430. The lowest BCUT2D eigenvalue weighted by molar-refractivity contribution is -0.0794. The summed E-state index contributed by atoms with van der Waals surface area (Å²) < 4.78 is 28.5. The van der Waals surface area contributed by atoms with Crippen LogP contribution in [0.3, 0.4) is 0 Å². The molecule has 2 aliphatic heterocycles.